The van der Waals surface area contributed by atoms with Crippen LogP contribution in [-0.2, 0) is 29.1 Å². The molecule has 144 valence electrons. The number of nitrogens with zero attached hydrogens (tertiary/aromatic N) is 1. The van der Waals surface area contributed by atoms with Crippen LogP contribution in [0.3, 0.4) is 0 Å². The molecule has 0 spiro atoms. The Balaban J connectivity index is 1.77. The third-order valence-corrected chi connectivity index (χ3v) is 5.86. The van der Waals surface area contributed by atoms with E-state index in [1.807, 2.05) is 0 Å². The molecule has 1 N–H and O–H groups in total. The molecule has 0 aromatic heterocycles. The number of esters is 1. The standard InChI is InChI=1S/C16H21ClN2O6S/c1-19(26(22,23)14-6-4-12(17)5-7-14)10-16(21)25-11-15(20)18-9-13-3-2-8-24-13/h4-7,13H,2-3,8-11H2,1H3,(H,18,20)/t13-/m0/s1. The average Bonchev–Trinajstić information content (AvgIpc) is 3.12. The lowest BCUT2D eigenvalue weighted by Gasteiger charge is -2.16. The Labute approximate surface area is 157 Å². The molecule has 1 amide bonds. The van der Waals surface area contributed by atoms with E-state index in [2.05, 4.69) is 5.32 Å². The minimum atomic E-state index is -3.85. The molecule has 1 atom stereocenters. The normalized spacial score (nSPS) is 17.3. The highest BCUT2D eigenvalue weighted by Crippen LogP contribution is 2.17. The van der Waals surface area contributed by atoms with Crippen molar-refractivity contribution in [2.24, 2.45) is 0 Å². The molecule has 0 saturated carbocycles. The molecule has 10 heteroatoms. The molecule has 1 fully saturated rings. The SMILES string of the molecule is CN(CC(=O)OCC(=O)NC[C@@H]1CCCO1)S(=O)(=O)c1ccc(Cl)cc1. The van der Waals surface area contributed by atoms with E-state index in [0.717, 1.165) is 17.1 Å². The summed E-state index contributed by atoms with van der Waals surface area (Å²) in [5.74, 6) is -1.28. The monoisotopic (exact) mass is 404 g/mol. The summed E-state index contributed by atoms with van der Waals surface area (Å²) < 4.78 is 35.7. The average molecular weight is 405 g/mol. The lowest BCUT2D eigenvalue weighted by molar-refractivity contribution is -0.148. The van der Waals surface area contributed by atoms with Crippen LogP contribution in [0, 0.1) is 0 Å². The van der Waals surface area contributed by atoms with Crippen molar-refractivity contribution in [1.82, 2.24) is 9.62 Å². The number of sulfonamides is 1. The fourth-order valence-corrected chi connectivity index (χ4v) is 3.57. The zero-order chi connectivity index (χ0) is 19.2. The smallest absolute Gasteiger partial charge is 0.321 e. The Morgan fingerprint density at radius 3 is 2.65 bits per heavy atom. The van der Waals surface area contributed by atoms with Gasteiger partial charge in [-0.05, 0) is 37.1 Å². The molecule has 8 nitrogen and oxygen atoms in total. The Hall–Kier alpha value is -1.68. The molecule has 0 aliphatic carbocycles. The van der Waals surface area contributed by atoms with Gasteiger partial charge in [-0.2, -0.15) is 4.31 Å². The third kappa shape index (κ3) is 5.94. The molecule has 1 aromatic rings. The molecule has 0 unspecified atom stereocenters. The number of amides is 1. The predicted octanol–water partition coefficient (Wildman–Crippen LogP) is 0.799. The van der Waals surface area contributed by atoms with Gasteiger partial charge in [-0.1, -0.05) is 11.6 Å². The van der Waals surface area contributed by atoms with Crippen molar-refractivity contribution in [2.75, 3.05) is 33.4 Å². The van der Waals surface area contributed by atoms with E-state index < -0.39 is 35.1 Å². The van der Waals surface area contributed by atoms with Crippen LogP contribution in [0.15, 0.2) is 29.2 Å². The molecule has 1 aliphatic heterocycles. The zero-order valence-corrected chi connectivity index (χ0v) is 15.9. The highest BCUT2D eigenvalue weighted by Gasteiger charge is 2.24. The van der Waals surface area contributed by atoms with Gasteiger partial charge in [0.25, 0.3) is 5.91 Å². The molecule has 0 bridgehead atoms. The summed E-state index contributed by atoms with van der Waals surface area (Å²) in [6.07, 6.45) is 1.84. The number of likely N-dealkylation sites (N-methyl/N-ethyl adjacent to an activating group) is 1. The number of nitrogens with one attached hydrogen (secondary N) is 1. The summed E-state index contributed by atoms with van der Waals surface area (Å²) in [6.45, 7) is 0.0650. The van der Waals surface area contributed by atoms with Gasteiger partial charge < -0.3 is 14.8 Å². The van der Waals surface area contributed by atoms with Crippen LogP contribution in [0.5, 0.6) is 0 Å². The molecule has 0 radical (unpaired) electrons. The van der Waals surface area contributed by atoms with Crippen molar-refractivity contribution in [1.29, 1.82) is 0 Å². The van der Waals surface area contributed by atoms with Gasteiger partial charge in [0, 0.05) is 25.2 Å². The van der Waals surface area contributed by atoms with Gasteiger partial charge in [-0.25, -0.2) is 8.42 Å². The molecule has 1 heterocycles. The molecule has 1 aliphatic rings. The van der Waals surface area contributed by atoms with Gasteiger partial charge in [0.2, 0.25) is 10.0 Å². The lowest BCUT2D eigenvalue weighted by Crippen LogP contribution is -2.37. The number of hydrogen-bond donors (Lipinski definition) is 1. The first-order valence-electron chi connectivity index (χ1n) is 8.05. The molecular weight excluding hydrogens is 384 g/mol. The van der Waals surface area contributed by atoms with Gasteiger partial charge in [0.1, 0.15) is 6.54 Å². The molecule has 1 aromatic carbocycles. The second kappa shape index (κ2) is 9.31. The van der Waals surface area contributed by atoms with Crippen molar-refractivity contribution < 1.29 is 27.5 Å². The first-order valence-corrected chi connectivity index (χ1v) is 9.86. The van der Waals surface area contributed by atoms with Crippen molar-refractivity contribution in [3.63, 3.8) is 0 Å². The number of halogens is 1. The Morgan fingerprint density at radius 2 is 2.04 bits per heavy atom. The fraction of sp³-hybridized carbons (Fsp3) is 0.500. The van der Waals surface area contributed by atoms with Gasteiger partial charge in [-0.3, -0.25) is 9.59 Å². The maximum Gasteiger partial charge on any atom is 0.321 e. The quantitative estimate of drug-likeness (QED) is 0.643. The minimum absolute atomic E-state index is 0.00602. The minimum Gasteiger partial charge on any atom is -0.455 e. The highest BCUT2D eigenvalue weighted by molar-refractivity contribution is 7.89. The lowest BCUT2D eigenvalue weighted by atomic mass is 10.2. The van der Waals surface area contributed by atoms with Crippen molar-refractivity contribution in [3.8, 4) is 0 Å². The summed E-state index contributed by atoms with van der Waals surface area (Å²) in [5, 5.41) is 3.01. The first-order chi connectivity index (χ1) is 12.3. The number of carbonyl (C=O) groups excluding carboxylic acids is 2. The third-order valence-electron chi connectivity index (χ3n) is 3.79. The molecule has 1 saturated heterocycles. The van der Waals surface area contributed by atoms with Crippen molar-refractivity contribution >= 4 is 33.5 Å². The van der Waals surface area contributed by atoms with Crippen LogP contribution < -0.4 is 5.32 Å². The van der Waals surface area contributed by atoms with Gasteiger partial charge >= 0.3 is 5.97 Å². The van der Waals surface area contributed by atoms with E-state index in [4.69, 9.17) is 21.1 Å². The topological polar surface area (TPSA) is 102 Å². The maximum absolute atomic E-state index is 12.3. The summed E-state index contributed by atoms with van der Waals surface area (Å²) in [7, 11) is -2.60. The molecular formula is C16H21ClN2O6S. The maximum atomic E-state index is 12.3. The largest absolute Gasteiger partial charge is 0.455 e. The van der Waals surface area contributed by atoms with E-state index in [9.17, 15) is 18.0 Å². The Bertz CT molecular complexity index is 732. The van der Waals surface area contributed by atoms with Crippen LogP contribution in [-0.4, -0.2) is 64.1 Å². The van der Waals surface area contributed by atoms with Crippen LogP contribution >= 0.6 is 11.6 Å². The summed E-state index contributed by atoms with van der Waals surface area (Å²) in [6, 6.07) is 5.58. The second-order valence-corrected chi connectivity index (χ2v) is 8.30. The summed E-state index contributed by atoms with van der Waals surface area (Å²) in [5.41, 5.74) is 0. The van der Waals surface area contributed by atoms with Gasteiger partial charge in [-0.15, -0.1) is 0 Å². The molecule has 26 heavy (non-hydrogen) atoms. The van der Waals surface area contributed by atoms with Gasteiger partial charge in [0.05, 0.1) is 11.0 Å². The molecule has 2 rings (SSSR count). The number of rotatable bonds is 8. The predicted molar refractivity (Wildman–Crippen MR) is 94.2 cm³/mol. The first kappa shape index (κ1) is 20.6. The van der Waals surface area contributed by atoms with E-state index in [1.165, 1.54) is 31.3 Å². The fourth-order valence-electron chi connectivity index (χ4n) is 2.33. The van der Waals surface area contributed by atoms with E-state index in [0.29, 0.717) is 18.2 Å². The Kier molecular flexibility index (Phi) is 7.39. The number of benzene rings is 1. The van der Waals surface area contributed by atoms with Gasteiger partial charge in [0.15, 0.2) is 6.61 Å². The van der Waals surface area contributed by atoms with Crippen LogP contribution in [0.2, 0.25) is 5.02 Å². The Morgan fingerprint density at radius 1 is 1.35 bits per heavy atom. The van der Waals surface area contributed by atoms with Crippen LogP contribution in [0.1, 0.15) is 12.8 Å². The van der Waals surface area contributed by atoms with Crippen molar-refractivity contribution in [2.45, 2.75) is 23.8 Å². The number of carbonyl (C=O) groups is 2. The second-order valence-electron chi connectivity index (χ2n) is 5.81. The number of ether oxygens (including phenoxy) is 2. The zero-order valence-electron chi connectivity index (χ0n) is 14.3. The summed E-state index contributed by atoms with van der Waals surface area (Å²) in [4.78, 5) is 23.5. The summed E-state index contributed by atoms with van der Waals surface area (Å²) >= 11 is 5.74. The van der Waals surface area contributed by atoms with Crippen LogP contribution in [0.25, 0.3) is 0 Å². The van der Waals surface area contributed by atoms with E-state index >= 15 is 0 Å². The van der Waals surface area contributed by atoms with Crippen LogP contribution in [0.4, 0.5) is 0 Å². The van der Waals surface area contributed by atoms with E-state index in [1.54, 1.807) is 0 Å². The number of hydrogen-bond acceptors (Lipinski definition) is 6. The van der Waals surface area contributed by atoms with Crippen molar-refractivity contribution in [3.05, 3.63) is 29.3 Å². The van der Waals surface area contributed by atoms with E-state index in [-0.39, 0.29) is 11.0 Å². The highest BCUT2D eigenvalue weighted by atomic mass is 35.5.